The van der Waals surface area contributed by atoms with Crippen molar-refractivity contribution in [1.29, 1.82) is 0 Å². The molecule has 0 aromatic rings. The van der Waals surface area contributed by atoms with Crippen molar-refractivity contribution in [2.45, 2.75) is 239 Å². The predicted octanol–water partition coefficient (Wildman–Crippen LogP) is 20.1. The topological polar surface area (TPSA) is 78.9 Å². The fraction of sp³-hybridized carbons (Fsp3) is 0.574. The molecule has 0 rings (SSSR count). The molecule has 0 N–H and O–H groups in total. The Balaban J connectivity index is 4.55. The highest BCUT2D eigenvalue weighted by Gasteiger charge is 2.19. The molecular weight excluding hydrogens is 913 g/mol. The van der Waals surface area contributed by atoms with Gasteiger partial charge in [-0.25, -0.2) is 0 Å². The quantitative estimate of drug-likeness (QED) is 0.0261. The maximum absolute atomic E-state index is 12.9. The van der Waals surface area contributed by atoms with Gasteiger partial charge in [-0.3, -0.25) is 14.4 Å². The summed E-state index contributed by atoms with van der Waals surface area (Å²) in [6.07, 6.45) is 88.0. The first kappa shape index (κ1) is 69.0. The second-order valence-electron chi connectivity index (χ2n) is 18.8. The number of carbonyl (C=O) groups excluding carboxylic acids is 3. The number of ether oxygens (including phenoxy) is 3. The monoisotopic (exact) mass is 1020 g/mol. The maximum Gasteiger partial charge on any atom is 0.306 e. The van der Waals surface area contributed by atoms with Gasteiger partial charge in [-0.05, 0) is 141 Å². The molecule has 0 bridgehead atoms. The summed E-state index contributed by atoms with van der Waals surface area (Å²) in [5.41, 5.74) is 0. The number of hydrogen-bond acceptors (Lipinski definition) is 6. The predicted molar refractivity (Wildman–Crippen MR) is 320 cm³/mol. The van der Waals surface area contributed by atoms with Gasteiger partial charge in [0.1, 0.15) is 13.2 Å². The Bertz CT molecular complexity index is 1690. The second kappa shape index (κ2) is 60.6. The summed E-state index contributed by atoms with van der Waals surface area (Å²) in [6, 6.07) is 0. The van der Waals surface area contributed by atoms with Crippen molar-refractivity contribution in [1.82, 2.24) is 0 Å². The van der Waals surface area contributed by atoms with Crippen molar-refractivity contribution in [3.05, 3.63) is 158 Å². The second-order valence-corrected chi connectivity index (χ2v) is 18.8. The minimum absolute atomic E-state index is 0.115. The highest BCUT2D eigenvalue weighted by Crippen LogP contribution is 2.13. The third kappa shape index (κ3) is 57.9. The van der Waals surface area contributed by atoms with Gasteiger partial charge < -0.3 is 14.2 Å². The fourth-order valence-corrected chi connectivity index (χ4v) is 7.37. The highest BCUT2D eigenvalue weighted by atomic mass is 16.6. The van der Waals surface area contributed by atoms with Crippen LogP contribution >= 0.6 is 0 Å². The van der Waals surface area contributed by atoms with E-state index < -0.39 is 6.10 Å². The number of rotatable bonds is 51. The average molecular weight is 1020 g/mol. The normalized spacial score (nSPS) is 13.3. The minimum Gasteiger partial charge on any atom is -0.462 e. The zero-order chi connectivity index (χ0) is 53.6. The average Bonchev–Trinajstić information content (AvgIpc) is 3.40. The molecule has 0 aromatic carbocycles. The zero-order valence-electron chi connectivity index (χ0n) is 47.3. The van der Waals surface area contributed by atoms with Crippen LogP contribution in [0.3, 0.4) is 0 Å². The maximum atomic E-state index is 12.9. The lowest BCUT2D eigenvalue weighted by atomic mass is 10.1. The van der Waals surface area contributed by atoms with E-state index in [4.69, 9.17) is 14.2 Å². The molecule has 0 spiro atoms. The molecule has 0 aliphatic carbocycles. The third-order valence-electron chi connectivity index (χ3n) is 11.7. The van der Waals surface area contributed by atoms with Gasteiger partial charge in [-0.1, -0.05) is 230 Å². The van der Waals surface area contributed by atoms with Crippen LogP contribution in [0.1, 0.15) is 233 Å². The molecule has 6 nitrogen and oxygen atoms in total. The summed E-state index contributed by atoms with van der Waals surface area (Å²) in [7, 11) is 0. The molecule has 6 heteroatoms. The van der Waals surface area contributed by atoms with Gasteiger partial charge in [0.2, 0.25) is 0 Å². The molecule has 0 fully saturated rings. The highest BCUT2D eigenvalue weighted by molar-refractivity contribution is 5.71. The standard InChI is InChI=1S/C68H106O6/c1-4-7-10-13-16-19-22-25-28-30-32-34-36-38-40-43-46-49-52-55-58-61-67(70)73-64-65(63-72-66(69)60-57-54-51-48-45-42-27-24-21-18-15-12-9-6-3)74-68(71)62-59-56-53-50-47-44-41-39-37-35-33-31-29-26-23-20-17-14-11-8-5-2/h7-8,10-11,15-20,24-29,32-35,38-41,46,49,65H,4-6,9,12-14,21-23,30-31,36-37,42-45,47-48,50-64H2,1-3H3/b10-7-,11-8-,18-15-,19-16-,20-17-,27-24-,28-25-,29-26-,34-32-,35-33-,40-38-,41-39-,49-46-. The van der Waals surface area contributed by atoms with Crippen molar-refractivity contribution >= 4 is 17.9 Å². The van der Waals surface area contributed by atoms with Gasteiger partial charge >= 0.3 is 17.9 Å². The van der Waals surface area contributed by atoms with Gasteiger partial charge in [-0.15, -0.1) is 0 Å². The lowest BCUT2D eigenvalue weighted by molar-refractivity contribution is -0.167. The van der Waals surface area contributed by atoms with Gasteiger partial charge in [0.25, 0.3) is 0 Å². The largest absolute Gasteiger partial charge is 0.462 e. The zero-order valence-corrected chi connectivity index (χ0v) is 47.3. The van der Waals surface area contributed by atoms with Gasteiger partial charge in [0.05, 0.1) is 0 Å². The van der Waals surface area contributed by atoms with E-state index in [2.05, 4.69) is 179 Å². The van der Waals surface area contributed by atoms with Crippen LogP contribution < -0.4 is 0 Å². The van der Waals surface area contributed by atoms with Crippen LogP contribution in [0.5, 0.6) is 0 Å². The smallest absolute Gasteiger partial charge is 0.306 e. The van der Waals surface area contributed by atoms with Gasteiger partial charge in [-0.2, -0.15) is 0 Å². The summed E-state index contributed by atoms with van der Waals surface area (Å²) >= 11 is 0. The molecule has 414 valence electrons. The summed E-state index contributed by atoms with van der Waals surface area (Å²) in [4.78, 5) is 38.2. The SMILES string of the molecule is CC/C=C\C/C=C\C/C=C\C/C=C\C/C=C\C/C=C\CCCCC(=O)OCC(COC(=O)CCCCCCC/C=C\C/C=C\CCCC)OC(=O)CCCCCCC/C=C\C/C=C\C/C=C\C/C=C\C/C=C\CC. The third-order valence-corrected chi connectivity index (χ3v) is 11.7. The molecule has 0 aliphatic heterocycles. The number of unbranched alkanes of at least 4 members (excludes halogenated alkanes) is 14. The summed E-state index contributed by atoms with van der Waals surface area (Å²) in [5.74, 6) is -0.999. The number of esters is 3. The summed E-state index contributed by atoms with van der Waals surface area (Å²) < 4.78 is 16.8. The fourth-order valence-electron chi connectivity index (χ4n) is 7.37. The van der Waals surface area contributed by atoms with Crippen LogP contribution in [-0.4, -0.2) is 37.2 Å². The van der Waals surface area contributed by atoms with Crippen LogP contribution in [0.2, 0.25) is 0 Å². The molecule has 0 aromatic heterocycles. The molecule has 0 saturated heterocycles. The number of allylic oxidation sites excluding steroid dienone is 26. The van der Waals surface area contributed by atoms with Crippen LogP contribution in [0, 0.1) is 0 Å². The molecule has 0 aliphatic rings. The van der Waals surface area contributed by atoms with E-state index in [9.17, 15) is 14.4 Å². The Morgan fingerprint density at radius 2 is 0.527 bits per heavy atom. The van der Waals surface area contributed by atoms with Crippen molar-refractivity contribution in [2.24, 2.45) is 0 Å². The van der Waals surface area contributed by atoms with Crippen LogP contribution in [0.25, 0.3) is 0 Å². The molecule has 1 atom stereocenters. The number of hydrogen-bond donors (Lipinski definition) is 0. The van der Waals surface area contributed by atoms with E-state index in [1.54, 1.807) is 0 Å². The van der Waals surface area contributed by atoms with E-state index in [0.717, 1.165) is 167 Å². The molecule has 1 unspecified atom stereocenters. The first-order valence-corrected chi connectivity index (χ1v) is 29.5. The summed E-state index contributed by atoms with van der Waals surface area (Å²) in [6.45, 7) is 6.29. The van der Waals surface area contributed by atoms with E-state index >= 15 is 0 Å². The summed E-state index contributed by atoms with van der Waals surface area (Å²) in [5, 5.41) is 0. The molecular formula is C68H106O6. The van der Waals surface area contributed by atoms with E-state index in [-0.39, 0.29) is 44.0 Å². The number of carbonyl (C=O) groups is 3. The van der Waals surface area contributed by atoms with Crippen LogP contribution in [0.15, 0.2) is 158 Å². The Kier molecular flexibility index (Phi) is 56.5. The Labute approximate surface area is 454 Å². The van der Waals surface area contributed by atoms with E-state index in [1.165, 1.54) is 19.3 Å². The Morgan fingerprint density at radius 3 is 0.851 bits per heavy atom. The molecule has 0 radical (unpaired) electrons. The van der Waals surface area contributed by atoms with Crippen molar-refractivity contribution in [3.63, 3.8) is 0 Å². The molecule has 0 amide bonds. The molecule has 0 saturated carbocycles. The minimum atomic E-state index is -0.822. The lowest BCUT2D eigenvalue weighted by Gasteiger charge is -2.18. The lowest BCUT2D eigenvalue weighted by Crippen LogP contribution is -2.30. The van der Waals surface area contributed by atoms with E-state index in [1.807, 2.05) is 0 Å². The van der Waals surface area contributed by atoms with Crippen molar-refractivity contribution < 1.29 is 28.6 Å². The Hall–Kier alpha value is -4.97. The Morgan fingerprint density at radius 1 is 0.284 bits per heavy atom. The van der Waals surface area contributed by atoms with Gasteiger partial charge in [0.15, 0.2) is 6.10 Å². The first-order valence-electron chi connectivity index (χ1n) is 29.5. The van der Waals surface area contributed by atoms with Crippen LogP contribution in [-0.2, 0) is 28.6 Å². The molecule has 74 heavy (non-hydrogen) atoms. The van der Waals surface area contributed by atoms with Crippen molar-refractivity contribution in [3.8, 4) is 0 Å². The van der Waals surface area contributed by atoms with Gasteiger partial charge in [0, 0.05) is 19.3 Å². The van der Waals surface area contributed by atoms with Crippen LogP contribution in [0.4, 0.5) is 0 Å². The van der Waals surface area contributed by atoms with E-state index in [0.29, 0.717) is 12.8 Å². The van der Waals surface area contributed by atoms with Crippen molar-refractivity contribution in [2.75, 3.05) is 13.2 Å². The first-order chi connectivity index (χ1) is 36.5. The molecule has 0 heterocycles.